The van der Waals surface area contributed by atoms with E-state index in [1.165, 1.54) is 18.5 Å². The number of nitrogens with one attached hydrogen (secondary N) is 1. The largest absolute Gasteiger partial charge is 0.444 e. The Morgan fingerprint density at radius 2 is 1.94 bits per heavy atom. The molecule has 0 aliphatic rings. The van der Waals surface area contributed by atoms with Gasteiger partial charge in [0.25, 0.3) is 0 Å². The van der Waals surface area contributed by atoms with Crippen LogP contribution in [0.3, 0.4) is 0 Å². The van der Waals surface area contributed by atoms with Gasteiger partial charge in [-0.2, -0.15) is 0 Å². The van der Waals surface area contributed by atoms with Crippen LogP contribution in [0.25, 0.3) is 11.0 Å². The molecule has 178 valence electrons. The number of hydrogen-bond acceptors (Lipinski definition) is 6. The summed E-state index contributed by atoms with van der Waals surface area (Å²) in [6.45, 7) is 13.2. The summed E-state index contributed by atoms with van der Waals surface area (Å²) in [5.41, 5.74) is -0.0275. The second-order valence-corrected chi connectivity index (χ2v) is 15.5. The number of nitrogens with zero attached hydrogens (tertiary/aromatic N) is 3. The molecule has 1 aromatic carbocycles. The number of ether oxygens (including phenoxy) is 3. The van der Waals surface area contributed by atoms with E-state index in [4.69, 9.17) is 14.2 Å². The monoisotopic (exact) mass is 474 g/mol. The van der Waals surface area contributed by atoms with Crippen molar-refractivity contribution < 1.29 is 23.4 Å². The van der Waals surface area contributed by atoms with Crippen molar-refractivity contribution in [2.75, 3.05) is 11.9 Å². The van der Waals surface area contributed by atoms with Gasteiger partial charge in [0.15, 0.2) is 5.82 Å². The first kappa shape index (κ1) is 24.7. The molecule has 0 radical (unpaired) electrons. The number of carbonyl (C=O) groups excluding carboxylic acids is 1. The van der Waals surface area contributed by atoms with Crippen LogP contribution in [-0.4, -0.2) is 40.9 Å². The SMILES string of the molecule is CC(C)(C)OC(=O)Nc1ccc(Oc2ncnc3c2ccn3COCC[Si](C)(C)C)cc1F. The number of rotatable bonds is 8. The highest BCUT2D eigenvalue weighted by Gasteiger charge is 2.18. The molecule has 0 aliphatic carbocycles. The van der Waals surface area contributed by atoms with E-state index >= 15 is 0 Å². The van der Waals surface area contributed by atoms with Gasteiger partial charge < -0.3 is 18.8 Å². The van der Waals surface area contributed by atoms with Gasteiger partial charge in [-0.3, -0.25) is 5.32 Å². The predicted octanol–water partition coefficient (Wildman–Crippen LogP) is 6.02. The fourth-order valence-electron chi connectivity index (χ4n) is 2.89. The highest BCUT2D eigenvalue weighted by molar-refractivity contribution is 6.76. The maximum Gasteiger partial charge on any atom is 0.412 e. The van der Waals surface area contributed by atoms with E-state index in [9.17, 15) is 9.18 Å². The second-order valence-electron chi connectivity index (χ2n) is 9.92. The number of anilines is 1. The third kappa shape index (κ3) is 7.26. The first-order valence-electron chi connectivity index (χ1n) is 10.8. The molecule has 0 saturated carbocycles. The van der Waals surface area contributed by atoms with Crippen molar-refractivity contribution in [3.63, 3.8) is 0 Å². The molecule has 0 bridgehead atoms. The van der Waals surface area contributed by atoms with Gasteiger partial charge in [-0.1, -0.05) is 19.6 Å². The van der Waals surface area contributed by atoms with Crippen molar-refractivity contribution in [2.45, 2.75) is 58.8 Å². The van der Waals surface area contributed by atoms with Crippen molar-refractivity contribution in [1.82, 2.24) is 14.5 Å². The van der Waals surface area contributed by atoms with E-state index in [-0.39, 0.29) is 11.4 Å². The fraction of sp³-hybridized carbons (Fsp3) is 0.435. The first-order valence-corrected chi connectivity index (χ1v) is 14.5. The summed E-state index contributed by atoms with van der Waals surface area (Å²) in [5, 5.41) is 3.08. The highest BCUT2D eigenvalue weighted by atomic mass is 28.3. The summed E-state index contributed by atoms with van der Waals surface area (Å²) < 4.78 is 33.2. The highest BCUT2D eigenvalue weighted by Crippen LogP contribution is 2.29. The zero-order chi connectivity index (χ0) is 24.2. The molecule has 0 aliphatic heterocycles. The van der Waals surface area contributed by atoms with Gasteiger partial charge in [0, 0.05) is 26.9 Å². The van der Waals surface area contributed by atoms with E-state index in [0.717, 1.165) is 6.04 Å². The fourth-order valence-corrected chi connectivity index (χ4v) is 3.65. The third-order valence-corrected chi connectivity index (χ3v) is 6.24. The minimum absolute atomic E-state index is 0.00828. The molecule has 2 aromatic heterocycles. The minimum atomic E-state index is -1.15. The lowest BCUT2D eigenvalue weighted by Crippen LogP contribution is -2.27. The van der Waals surface area contributed by atoms with E-state index in [1.807, 2.05) is 16.8 Å². The summed E-state index contributed by atoms with van der Waals surface area (Å²) in [6.07, 6.45) is 2.51. The summed E-state index contributed by atoms with van der Waals surface area (Å²) in [7, 11) is -1.15. The molecule has 0 spiro atoms. The molecular formula is C23H31FN4O4Si. The Kier molecular flexibility index (Phi) is 7.38. The standard InChI is InChI=1S/C23H31FN4O4Si/c1-23(2,3)32-22(29)27-19-8-7-16(13-18(19)24)31-21-17-9-10-28(20(17)25-14-26-21)15-30-11-12-33(4,5)6/h7-10,13-14H,11-12,15H2,1-6H3,(H,27,29). The molecule has 0 fully saturated rings. The van der Waals surface area contributed by atoms with Crippen LogP contribution in [-0.2, 0) is 16.2 Å². The van der Waals surface area contributed by atoms with Crippen molar-refractivity contribution >= 4 is 30.9 Å². The maximum atomic E-state index is 14.5. The number of carbonyl (C=O) groups is 1. The molecule has 1 amide bonds. The lowest BCUT2D eigenvalue weighted by atomic mass is 10.2. The zero-order valence-electron chi connectivity index (χ0n) is 19.9. The van der Waals surface area contributed by atoms with Crippen LogP contribution in [0.15, 0.2) is 36.8 Å². The Morgan fingerprint density at radius 3 is 2.61 bits per heavy atom. The first-order chi connectivity index (χ1) is 15.4. The predicted molar refractivity (Wildman–Crippen MR) is 128 cm³/mol. The zero-order valence-corrected chi connectivity index (χ0v) is 20.9. The van der Waals surface area contributed by atoms with Crippen molar-refractivity contribution in [3.8, 4) is 11.6 Å². The molecule has 33 heavy (non-hydrogen) atoms. The average molecular weight is 475 g/mol. The molecule has 0 saturated heterocycles. The van der Waals surface area contributed by atoms with Crippen LogP contribution >= 0.6 is 0 Å². The van der Waals surface area contributed by atoms with Crippen LogP contribution in [0.4, 0.5) is 14.9 Å². The maximum absolute atomic E-state index is 14.5. The van der Waals surface area contributed by atoms with Gasteiger partial charge in [0.2, 0.25) is 5.88 Å². The Bertz CT molecular complexity index is 1120. The summed E-state index contributed by atoms with van der Waals surface area (Å²) in [4.78, 5) is 20.4. The second kappa shape index (κ2) is 9.88. The molecule has 3 aromatic rings. The molecular weight excluding hydrogens is 443 g/mol. The lowest BCUT2D eigenvalue weighted by Gasteiger charge is -2.19. The lowest BCUT2D eigenvalue weighted by molar-refractivity contribution is 0.0635. The van der Waals surface area contributed by atoms with Gasteiger partial charge >= 0.3 is 6.09 Å². The molecule has 3 rings (SSSR count). The molecule has 10 heteroatoms. The summed E-state index contributed by atoms with van der Waals surface area (Å²) >= 11 is 0. The smallest absolute Gasteiger partial charge is 0.412 e. The Hall–Kier alpha value is -2.98. The summed E-state index contributed by atoms with van der Waals surface area (Å²) in [6, 6.07) is 7.04. The quantitative estimate of drug-likeness (QED) is 0.317. The van der Waals surface area contributed by atoms with Crippen molar-refractivity contribution in [1.29, 1.82) is 0 Å². The van der Waals surface area contributed by atoms with Gasteiger partial charge in [0.1, 0.15) is 30.1 Å². The number of fused-ring (bicyclic) bond motifs is 1. The molecule has 0 unspecified atom stereocenters. The van der Waals surface area contributed by atoms with Gasteiger partial charge in [0.05, 0.1) is 11.1 Å². The third-order valence-electron chi connectivity index (χ3n) is 4.54. The van der Waals surface area contributed by atoms with Gasteiger partial charge in [-0.15, -0.1) is 0 Å². The van der Waals surface area contributed by atoms with E-state index in [1.54, 1.807) is 26.8 Å². The van der Waals surface area contributed by atoms with E-state index < -0.39 is 25.6 Å². The molecule has 1 N–H and O–H groups in total. The number of aromatic nitrogens is 3. The Labute approximate surface area is 194 Å². The van der Waals surface area contributed by atoms with Crippen LogP contribution in [0.5, 0.6) is 11.6 Å². The molecule has 2 heterocycles. The number of hydrogen-bond donors (Lipinski definition) is 1. The topological polar surface area (TPSA) is 87.5 Å². The average Bonchev–Trinajstić information content (AvgIpc) is 3.09. The van der Waals surface area contributed by atoms with Gasteiger partial charge in [-0.25, -0.2) is 19.2 Å². The molecule has 8 nitrogen and oxygen atoms in total. The summed E-state index contributed by atoms with van der Waals surface area (Å²) in [5.74, 6) is -0.119. The number of halogens is 1. The van der Waals surface area contributed by atoms with E-state index in [2.05, 4.69) is 34.9 Å². The van der Waals surface area contributed by atoms with Crippen molar-refractivity contribution in [2.24, 2.45) is 0 Å². The number of amides is 1. The van der Waals surface area contributed by atoms with Crippen LogP contribution in [0, 0.1) is 5.82 Å². The van der Waals surface area contributed by atoms with Crippen LogP contribution in [0.2, 0.25) is 25.7 Å². The normalized spacial score (nSPS) is 12.1. The van der Waals surface area contributed by atoms with Crippen LogP contribution < -0.4 is 10.1 Å². The van der Waals surface area contributed by atoms with Gasteiger partial charge in [-0.05, 0) is 45.0 Å². The Balaban J connectivity index is 1.69. The Morgan fingerprint density at radius 1 is 1.18 bits per heavy atom. The van der Waals surface area contributed by atoms with E-state index in [0.29, 0.717) is 30.3 Å². The van der Waals surface area contributed by atoms with Crippen molar-refractivity contribution in [3.05, 3.63) is 42.6 Å². The number of benzene rings is 1. The minimum Gasteiger partial charge on any atom is -0.444 e. The molecule has 0 atom stereocenters. The van der Waals surface area contributed by atoms with Crippen LogP contribution in [0.1, 0.15) is 20.8 Å².